The first-order chi connectivity index (χ1) is 12.6. The van der Waals surface area contributed by atoms with Gasteiger partial charge >= 0.3 is 5.97 Å². The predicted molar refractivity (Wildman–Crippen MR) is 93.9 cm³/mol. The molecule has 0 bridgehead atoms. The second-order valence-corrected chi connectivity index (χ2v) is 7.42. The maximum Gasteiger partial charge on any atom is 0.320 e. The summed E-state index contributed by atoms with van der Waals surface area (Å²) in [4.78, 5) is 11.3. The Kier molecular flexibility index (Phi) is 4.78. The number of piperidine rings is 1. The Balaban J connectivity index is 1.49. The predicted octanol–water partition coefficient (Wildman–Crippen LogP) is 2.13. The molecule has 3 N–H and O–H groups in total. The number of rotatable bonds is 4. The van der Waals surface area contributed by atoms with Gasteiger partial charge < -0.3 is 15.2 Å². The lowest BCUT2D eigenvalue weighted by molar-refractivity contribution is -0.141. The van der Waals surface area contributed by atoms with Gasteiger partial charge in [0.1, 0.15) is 11.8 Å². The van der Waals surface area contributed by atoms with Gasteiger partial charge in [-0.2, -0.15) is 5.21 Å². The summed E-state index contributed by atoms with van der Waals surface area (Å²) in [6.45, 7) is 0.767. The van der Waals surface area contributed by atoms with E-state index in [1.807, 2.05) is 6.07 Å². The summed E-state index contributed by atoms with van der Waals surface area (Å²) in [5.41, 5.74) is 0.696. The third-order valence-corrected chi connectivity index (χ3v) is 5.61. The number of nitrogens with one attached hydrogen (secondary N) is 2. The van der Waals surface area contributed by atoms with E-state index in [4.69, 9.17) is 16.3 Å². The molecule has 2 aliphatic rings. The fourth-order valence-electron chi connectivity index (χ4n) is 4.05. The molecule has 1 saturated heterocycles. The molecule has 1 aromatic heterocycles. The van der Waals surface area contributed by atoms with Crippen LogP contribution in [-0.2, 0) is 4.79 Å². The average Bonchev–Trinajstić information content (AvgIpc) is 3.17. The Bertz CT molecular complexity index is 785. The zero-order valence-corrected chi connectivity index (χ0v) is 14.8. The van der Waals surface area contributed by atoms with E-state index in [2.05, 4.69) is 25.9 Å². The summed E-state index contributed by atoms with van der Waals surface area (Å²) < 4.78 is 6.26. The van der Waals surface area contributed by atoms with Gasteiger partial charge in [-0.05, 0) is 67.5 Å². The van der Waals surface area contributed by atoms with Gasteiger partial charge in [-0.25, -0.2) is 0 Å². The highest BCUT2D eigenvalue weighted by atomic mass is 35.5. The number of carbonyl (C=O) groups is 1. The Morgan fingerprint density at radius 3 is 2.92 bits per heavy atom. The van der Waals surface area contributed by atoms with Crippen LogP contribution in [0.25, 0.3) is 11.4 Å². The van der Waals surface area contributed by atoms with Crippen LogP contribution in [0.4, 0.5) is 0 Å². The largest absolute Gasteiger partial charge is 0.490 e. The molecule has 8 nitrogen and oxygen atoms in total. The third kappa shape index (κ3) is 3.52. The van der Waals surface area contributed by atoms with E-state index in [0.29, 0.717) is 40.4 Å². The molecule has 1 saturated carbocycles. The highest BCUT2D eigenvalue weighted by Gasteiger charge is 2.38. The molecule has 3 unspecified atom stereocenters. The lowest BCUT2D eigenvalue weighted by Gasteiger charge is -2.41. The van der Waals surface area contributed by atoms with Crippen LogP contribution in [0.1, 0.15) is 25.7 Å². The number of carboxylic acids is 1. The highest BCUT2D eigenvalue weighted by molar-refractivity contribution is 6.30. The van der Waals surface area contributed by atoms with Crippen molar-refractivity contribution in [2.75, 3.05) is 6.54 Å². The summed E-state index contributed by atoms with van der Waals surface area (Å²) in [6, 6.07) is 4.90. The number of benzene rings is 1. The smallest absolute Gasteiger partial charge is 0.320 e. The first kappa shape index (κ1) is 17.2. The molecule has 138 valence electrons. The number of aromatic amines is 1. The number of aromatic nitrogens is 4. The lowest BCUT2D eigenvalue weighted by atomic mass is 9.72. The van der Waals surface area contributed by atoms with Crippen LogP contribution in [0.5, 0.6) is 5.75 Å². The number of fused-ring (bicyclic) bond motifs is 1. The molecule has 1 aliphatic carbocycles. The maximum absolute atomic E-state index is 11.3. The number of carboxylic acid groups (broad SMARTS) is 1. The fraction of sp³-hybridized carbons (Fsp3) is 0.529. The van der Waals surface area contributed by atoms with Crippen molar-refractivity contribution in [1.29, 1.82) is 0 Å². The maximum atomic E-state index is 11.3. The summed E-state index contributed by atoms with van der Waals surface area (Å²) >= 11 is 6.11. The monoisotopic (exact) mass is 377 g/mol. The summed E-state index contributed by atoms with van der Waals surface area (Å²) in [5, 5.41) is 27.0. The second kappa shape index (κ2) is 7.20. The molecular weight excluding hydrogens is 358 g/mol. The molecule has 9 heteroatoms. The van der Waals surface area contributed by atoms with Gasteiger partial charge in [-0.3, -0.25) is 4.79 Å². The van der Waals surface area contributed by atoms with Gasteiger partial charge in [0.2, 0.25) is 5.82 Å². The van der Waals surface area contributed by atoms with Crippen molar-refractivity contribution in [1.82, 2.24) is 25.9 Å². The second-order valence-electron chi connectivity index (χ2n) is 6.98. The SMILES string of the molecule is O=C(O)C1CC2C[C@@H](Oc3ccc(Cl)cc3-c3nn[nH]n3)CCC2CN1. The quantitative estimate of drug-likeness (QED) is 0.747. The number of nitrogens with zero attached hydrogens (tertiary/aromatic N) is 3. The summed E-state index contributed by atoms with van der Waals surface area (Å²) in [6.07, 6.45) is 3.51. The number of hydrogen-bond acceptors (Lipinski definition) is 6. The van der Waals surface area contributed by atoms with Gasteiger partial charge in [-0.15, -0.1) is 10.2 Å². The van der Waals surface area contributed by atoms with E-state index in [0.717, 1.165) is 25.8 Å². The first-order valence-electron chi connectivity index (χ1n) is 8.76. The summed E-state index contributed by atoms with van der Waals surface area (Å²) in [5.74, 6) is 1.21. The zero-order valence-electron chi connectivity index (χ0n) is 14.1. The van der Waals surface area contributed by atoms with Gasteiger partial charge in [0.05, 0.1) is 11.7 Å². The molecule has 4 rings (SSSR count). The molecule has 2 fully saturated rings. The first-order valence-corrected chi connectivity index (χ1v) is 9.14. The third-order valence-electron chi connectivity index (χ3n) is 5.38. The number of H-pyrrole nitrogens is 1. The highest BCUT2D eigenvalue weighted by Crippen LogP contribution is 2.39. The average molecular weight is 378 g/mol. The standard InChI is InChI=1S/C17H20ClN5O3/c18-11-2-4-15(13(7-11)16-20-22-23-21-16)26-12-3-1-9-8-19-14(17(24)25)6-10(9)5-12/h2,4,7,9-10,12,14,19H,1,3,5-6,8H2,(H,24,25)(H,20,21,22,23)/t9?,10?,12-,14?/m0/s1. The van der Waals surface area contributed by atoms with E-state index in [1.165, 1.54) is 0 Å². The molecule has 26 heavy (non-hydrogen) atoms. The van der Waals surface area contributed by atoms with Crippen LogP contribution < -0.4 is 10.1 Å². The number of aliphatic carboxylic acids is 1. The van der Waals surface area contributed by atoms with Crippen molar-refractivity contribution in [2.24, 2.45) is 11.8 Å². The summed E-state index contributed by atoms with van der Waals surface area (Å²) in [7, 11) is 0. The molecule has 0 amide bonds. The van der Waals surface area contributed by atoms with Crippen LogP contribution in [0, 0.1) is 11.8 Å². The Hall–Kier alpha value is -2.19. The number of hydrogen-bond donors (Lipinski definition) is 3. The van der Waals surface area contributed by atoms with E-state index in [1.54, 1.807) is 12.1 Å². The van der Waals surface area contributed by atoms with E-state index in [-0.39, 0.29) is 6.10 Å². The number of tetrazole rings is 1. The number of halogens is 1. The minimum Gasteiger partial charge on any atom is -0.490 e. The molecule has 2 heterocycles. The van der Waals surface area contributed by atoms with Gasteiger partial charge in [0.25, 0.3) is 0 Å². The Morgan fingerprint density at radius 1 is 1.27 bits per heavy atom. The van der Waals surface area contributed by atoms with Crippen molar-refractivity contribution < 1.29 is 14.6 Å². The molecular formula is C17H20ClN5O3. The van der Waals surface area contributed by atoms with Crippen molar-refractivity contribution in [2.45, 2.75) is 37.8 Å². The Labute approximate surface area is 155 Å². The van der Waals surface area contributed by atoms with Crippen LogP contribution in [0.3, 0.4) is 0 Å². The molecule has 0 radical (unpaired) electrons. The van der Waals surface area contributed by atoms with E-state index in [9.17, 15) is 9.90 Å². The van der Waals surface area contributed by atoms with Gasteiger partial charge in [-0.1, -0.05) is 11.6 Å². The molecule has 4 atom stereocenters. The van der Waals surface area contributed by atoms with Crippen LogP contribution in [-0.4, -0.2) is 50.4 Å². The van der Waals surface area contributed by atoms with Crippen LogP contribution in [0.15, 0.2) is 18.2 Å². The topological polar surface area (TPSA) is 113 Å². The van der Waals surface area contributed by atoms with E-state index < -0.39 is 12.0 Å². The number of ether oxygens (including phenoxy) is 1. The molecule has 1 aliphatic heterocycles. The van der Waals surface area contributed by atoms with E-state index >= 15 is 0 Å². The zero-order chi connectivity index (χ0) is 18.1. The van der Waals surface area contributed by atoms with Crippen molar-refractivity contribution in [3.63, 3.8) is 0 Å². The minimum absolute atomic E-state index is 0.0376. The Morgan fingerprint density at radius 2 is 2.15 bits per heavy atom. The normalized spacial score (nSPS) is 28.3. The minimum atomic E-state index is -0.774. The molecule has 1 aromatic carbocycles. The van der Waals surface area contributed by atoms with Crippen molar-refractivity contribution >= 4 is 17.6 Å². The van der Waals surface area contributed by atoms with Crippen molar-refractivity contribution in [3.8, 4) is 17.1 Å². The van der Waals surface area contributed by atoms with Gasteiger partial charge in [0.15, 0.2) is 0 Å². The van der Waals surface area contributed by atoms with Crippen molar-refractivity contribution in [3.05, 3.63) is 23.2 Å². The van der Waals surface area contributed by atoms with Gasteiger partial charge in [0, 0.05) is 5.02 Å². The van der Waals surface area contributed by atoms with Crippen LogP contribution >= 0.6 is 11.6 Å². The molecule has 0 spiro atoms. The molecule has 2 aromatic rings. The van der Waals surface area contributed by atoms with Crippen LogP contribution in [0.2, 0.25) is 5.02 Å². The lowest BCUT2D eigenvalue weighted by Crippen LogP contribution is -2.50. The fourth-order valence-corrected chi connectivity index (χ4v) is 4.22.